The van der Waals surface area contributed by atoms with Crippen LogP contribution < -0.4 is 9.64 Å². The normalized spacial score (nSPS) is 22.9. The zero-order valence-electron chi connectivity index (χ0n) is 16.9. The Morgan fingerprint density at radius 3 is 2.39 bits per heavy atom. The molecule has 0 unspecified atom stereocenters. The second kappa shape index (κ2) is 8.11. The molecule has 2 amide bonds. The van der Waals surface area contributed by atoms with Gasteiger partial charge in [-0.2, -0.15) is 0 Å². The monoisotopic (exact) mass is 385 g/mol. The lowest BCUT2D eigenvalue weighted by atomic mass is 9.73. The van der Waals surface area contributed by atoms with Crippen molar-refractivity contribution in [2.75, 3.05) is 51.3 Å². The van der Waals surface area contributed by atoms with Crippen molar-refractivity contribution in [3.05, 3.63) is 24.3 Å². The van der Waals surface area contributed by atoms with E-state index in [1.165, 1.54) is 6.42 Å². The molecule has 1 saturated carbocycles. The summed E-state index contributed by atoms with van der Waals surface area (Å²) in [6.07, 6.45) is 5.58. The van der Waals surface area contributed by atoms with Crippen molar-refractivity contribution < 1.29 is 14.3 Å². The average Bonchev–Trinajstić information content (AvgIpc) is 2.96. The summed E-state index contributed by atoms with van der Waals surface area (Å²) in [7, 11) is 1.71. The Hall–Kier alpha value is -2.08. The van der Waals surface area contributed by atoms with E-state index in [4.69, 9.17) is 4.74 Å². The van der Waals surface area contributed by atoms with Crippen LogP contribution in [0, 0.1) is 5.41 Å². The number of para-hydroxylation sites is 2. The van der Waals surface area contributed by atoms with E-state index in [1.807, 2.05) is 18.2 Å². The van der Waals surface area contributed by atoms with E-state index in [9.17, 15) is 9.59 Å². The molecule has 28 heavy (non-hydrogen) atoms. The highest BCUT2D eigenvalue weighted by Gasteiger charge is 2.51. The van der Waals surface area contributed by atoms with Crippen molar-refractivity contribution in [1.82, 2.24) is 9.80 Å². The first-order valence-corrected chi connectivity index (χ1v) is 10.6. The van der Waals surface area contributed by atoms with Crippen LogP contribution in [0.1, 0.15) is 38.5 Å². The quantitative estimate of drug-likeness (QED) is 0.729. The highest BCUT2D eigenvalue weighted by molar-refractivity contribution is 6.05. The Balaban J connectivity index is 1.30. The first kappa shape index (κ1) is 19.2. The molecule has 2 saturated heterocycles. The van der Waals surface area contributed by atoms with Crippen molar-refractivity contribution in [2.45, 2.75) is 38.5 Å². The lowest BCUT2D eigenvalue weighted by Gasteiger charge is -2.37. The summed E-state index contributed by atoms with van der Waals surface area (Å²) in [6.45, 7) is 5.01. The molecule has 1 aromatic carbocycles. The van der Waals surface area contributed by atoms with Crippen molar-refractivity contribution in [1.29, 1.82) is 0 Å². The maximum absolute atomic E-state index is 12.9. The van der Waals surface area contributed by atoms with Gasteiger partial charge in [0, 0.05) is 45.7 Å². The number of nitrogens with zero attached hydrogens (tertiary/aromatic N) is 3. The number of anilines is 1. The summed E-state index contributed by atoms with van der Waals surface area (Å²) in [5, 5.41) is 0. The lowest BCUT2D eigenvalue weighted by Crippen LogP contribution is -2.49. The number of piperazine rings is 1. The van der Waals surface area contributed by atoms with Crippen LogP contribution in [0.5, 0.6) is 5.75 Å². The lowest BCUT2D eigenvalue weighted by molar-refractivity contribution is -0.142. The maximum Gasteiger partial charge on any atom is 0.235 e. The Labute approximate surface area is 167 Å². The molecule has 2 aliphatic heterocycles. The van der Waals surface area contributed by atoms with Crippen molar-refractivity contribution >= 4 is 17.5 Å². The van der Waals surface area contributed by atoms with Crippen molar-refractivity contribution in [2.24, 2.45) is 5.41 Å². The van der Waals surface area contributed by atoms with Crippen LogP contribution >= 0.6 is 0 Å². The van der Waals surface area contributed by atoms with Gasteiger partial charge in [-0.1, -0.05) is 31.4 Å². The number of likely N-dealkylation sites (tertiary alicyclic amines) is 1. The molecule has 1 aromatic rings. The predicted molar refractivity (Wildman–Crippen MR) is 109 cm³/mol. The summed E-state index contributed by atoms with van der Waals surface area (Å²) in [5.41, 5.74) is 0.770. The van der Waals surface area contributed by atoms with Crippen LogP contribution in [-0.2, 0) is 9.59 Å². The molecular formula is C22H31N3O3. The number of rotatable bonds is 5. The Kier molecular flexibility index (Phi) is 5.58. The van der Waals surface area contributed by atoms with Gasteiger partial charge in [0.05, 0.1) is 18.2 Å². The summed E-state index contributed by atoms with van der Waals surface area (Å²) in [4.78, 5) is 31.7. The highest BCUT2D eigenvalue weighted by atomic mass is 16.5. The van der Waals surface area contributed by atoms with Gasteiger partial charge in [0.25, 0.3) is 0 Å². The fourth-order valence-electron chi connectivity index (χ4n) is 5.05. The number of carbonyl (C=O) groups excluding carboxylic acids is 2. The second-order valence-corrected chi connectivity index (χ2v) is 8.37. The molecule has 3 fully saturated rings. The number of hydrogen-bond donors (Lipinski definition) is 0. The third-order valence-corrected chi connectivity index (χ3v) is 6.74. The fourth-order valence-corrected chi connectivity index (χ4v) is 5.05. The third-order valence-electron chi connectivity index (χ3n) is 6.74. The molecule has 1 aliphatic carbocycles. The zero-order valence-corrected chi connectivity index (χ0v) is 16.9. The van der Waals surface area contributed by atoms with E-state index >= 15 is 0 Å². The highest BCUT2D eigenvalue weighted by Crippen LogP contribution is 2.45. The molecule has 6 heteroatoms. The van der Waals surface area contributed by atoms with Crippen molar-refractivity contribution in [3.63, 3.8) is 0 Å². The standard InChI is InChI=1S/C22H31N3O3/c1-28-19-8-4-3-7-18(19)24-14-11-23(12-15-24)13-16-25-20(26)17-22(21(25)27)9-5-2-6-10-22/h3-4,7-8H,2,5-6,9-17H2,1H3. The number of benzene rings is 1. The molecule has 6 nitrogen and oxygen atoms in total. The van der Waals surface area contributed by atoms with Gasteiger partial charge in [-0.25, -0.2) is 0 Å². The first-order chi connectivity index (χ1) is 13.6. The SMILES string of the molecule is COc1ccccc1N1CCN(CCN2C(=O)CC3(CCCCC3)C2=O)CC1. The van der Waals surface area contributed by atoms with Crippen LogP contribution in [0.15, 0.2) is 24.3 Å². The van der Waals surface area contributed by atoms with E-state index in [2.05, 4.69) is 15.9 Å². The number of ether oxygens (including phenoxy) is 1. The Morgan fingerprint density at radius 2 is 1.68 bits per heavy atom. The molecule has 4 rings (SSSR count). The number of hydrogen-bond acceptors (Lipinski definition) is 5. The van der Waals surface area contributed by atoms with Crippen LogP contribution in [0.3, 0.4) is 0 Å². The van der Waals surface area contributed by atoms with Gasteiger partial charge >= 0.3 is 0 Å². The molecule has 2 heterocycles. The molecule has 0 radical (unpaired) electrons. The van der Waals surface area contributed by atoms with E-state index < -0.39 is 0 Å². The molecule has 152 valence electrons. The topological polar surface area (TPSA) is 53.1 Å². The van der Waals surface area contributed by atoms with Gasteiger partial charge in [0.15, 0.2) is 0 Å². The average molecular weight is 386 g/mol. The smallest absolute Gasteiger partial charge is 0.235 e. The summed E-state index contributed by atoms with van der Waals surface area (Å²) >= 11 is 0. The second-order valence-electron chi connectivity index (χ2n) is 8.37. The third kappa shape index (κ3) is 3.62. The van der Waals surface area contributed by atoms with Crippen LogP contribution in [0.4, 0.5) is 5.69 Å². The van der Waals surface area contributed by atoms with Gasteiger partial charge in [0.2, 0.25) is 11.8 Å². The Morgan fingerprint density at radius 1 is 0.964 bits per heavy atom. The molecule has 0 atom stereocenters. The van der Waals surface area contributed by atoms with E-state index in [0.29, 0.717) is 13.0 Å². The minimum atomic E-state index is -0.363. The van der Waals surface area contributed by atoms with E-state index in [1.54, 1.807) is 12.0 Å². The predicted octanol–water partition coefficient (Wildman–Crippen LogP) is 2.53. The van der Waals surface area contributed by atoms with Gasteiger partial charge in [0.1, 0.15) is 5.75 Å². The number of imide groups is 1. The molecule has 3 aliphatic rings. The summed E-state index contributed by atoms with van der Waals surface area (Å²) in [6, 6.07) is 8.12. The van der Waals surface area contributed by atoms with Crippen LogP contribution in [0.2, 0.25) is 0 Å². The zero-order chi connectivity index (χ0) is 19.6. The molecular weight excluding hydrogens is 354 g/mol. The Bertz CT molecular complexity index is 721. The van der Waals surface area contributed by atoms with Gasteiger partial charge in [-0.05, 0) is 25.0 Å². The van der Waals surface area contributed by atoms with Crippen molar-refractivity contribution in [3.8, 4) is 5.75 Å². The molecule has 0 bridgehead atoms. The molecule has 0 N–H and O–H groups in total. The first-order valence-electron chi connectivity index (χ1n) is 10.6. The van der Waals surface area contributed by atoms with Gasteiger partial charge in [-0.3, -0.25) is 19.4 Å². The minimum Gasteiger partial charge on any atom is -0.495 e. The molecule has 1 spiro atoms. The molecule has 0 aromatic heterocycles. The minimum absolute atomic E-state index is 0.0413. The van der Waals surface area contributed by atoms with E-state index in [0.717, 1.165) is 69.8 Å². The van der Waals surface area contributed by atoms with E-state index in [-0.39, 0.29) is 17.2 Å². The fraction of sp³-hybridized carbons (Fsp3) is 0.636. The van der Waals surface area contributed by atoms with Gasteiger partial charge < -0.3 is 9.64 Å². The van der Waals surface area contributed by atoms with Gasteiger partial charge in [-0.15, -0.1) is 0 Å². The number of carbonyl (C=O) groups is 2. The van der Waals surface area contributed by atoms with Crippen LogP contribution in [-0.4, -0.2) is 68.0 Å². The number of amides is 2. The number of methoxy groups -OCH3 is 1. The summed E-state index contributed by atoms with van der Waals surface area (Å²) < 4.78 is 5.48. The summed E-state index contributed by atoms with van der Waals surface area (Å²) in [5.74, 6) is 1.05. The largest absolute Gasteiger partial charge is 0.495 e. The maximum atomic E-state index is 12.9. The van der Waals surface area contributed by atoms with Crippen LogP contribution in [0.25, 0.3) is 0 Å².